The summed E-state index contributed by atoms with van der Waals surface area (Å²) in [5.74, 6) is 1.61. The summed E-state index contributed by atoms with van der Waals surface area (Å²) in [6.07, 6.45) is 2.59. The van der Waals surface area contributed by atoms with E-state index in [1.54, 1.807) is 6.33 Å². The molecule has 1 aliphatic heterocycles. The van der Waals surface area contributed by atoms with Crippen LogP contribution in [0.4, 0.5) is 11.5 Å². The van der Waals surface area contributed by atoms with Crippen molar-refractivity contribution in [3.8, 4) is 5.82 Å². The number of hydrogen-bond acceptors (Lipinski definition) is 6. The average Bonchev–Trinajstić information content (AvgIpc) is 3.08. The minimum atomic E-state index is 0.000132. The third kappa shape index (κ3) is 4.80. The van der Waals surface area contributed by atoms with Crippen molar-refractivity contribution in [3.63, 3.8) is 0 Å². The number of rotatable bonds is 6. The molecule has 1 aliphatic rings. The molecule has 3 heterocycles. The van der Waals surface area contributed by atoms with Gasteiger partial charge < -0.3 is 15.0 Å². The summed E-state index contributed by atoms with van der Waals surface area (Å²) >= 11 is 0. The quantitative estimate of drug-likeness (QED) is 0.641. The predicted molar refractivity (Wildman–Crippen MR) is 125 cm³/mol. The third-order valence-corrected chi connectivity index (χ3v) is 5.89. The molecule has 0 unspecified atom stereocenters. The number of anilines is 2. The lowest BCUT2D eigenvalue weighted by Gasteiger charge is -2.27. The zero-order valence-electron chi connectivity index (χ0n) is 19.2. The topological polar surface area (TPSA) is 85.2 Å². The number of hydrogen-bond donors (Lipinski definition) is 1. The van der Waals surface area contributed by atoms with Gasteiger partial charge in [-0.1, -0.05) is 17.7 Å². The summed E-state index contributed by atoms with van der Waals surface area (Å²) in [7, 11) is 0. The van der Waals surface area contributed by atoms with Gasteiger partial charge >= 0.3 is 0 Å². The van der Waals surface area contributed by atoms with E-state index in [4.69, 9.17) is 9.84 Å². The van der Waals surface area contributed by atoms with Crippen LogP contribution in [-0.2, 0) is 16.0 Å². The summed E-state index contributed by atoms with van der Waals surface area (Å²) in [4.78, 5) is 23.6. The number of aromatic nitrogens is 4. The van der Waals surface area contributed by atoms with E-state index in [1.165, 1.54) is 5.56 Å². The number of nitrogens with zero attached hydrogens (tertiary/aromatic N) is 5. The van der Waals surface area contributed by atoms with Gasteiger partial charge in [0.2, 0.25) is 5.91 Å². The van der Waals surface area contributed by atoms with Crippen LogP contribution in [0.1, 0.15) is 34.5 Å². The molecule has 1 fully saturated rings. The van der Waals surface area contributed by atoms with Crippen molar-refractivity contribution in [1.29, 1.82) is 0 Å². The Kier molecular flexibility index (Phi) is 6.50. The first-order valence-corrected chi connectivity index (χ1v) is 11.0. The lowest BCUT2D eigenvalue weighted by molar-refractivity contribution is -0.116. The zero-order valence-corrected chi connectivity index (χ0v) is 19.2. The van der Waals surface area contributed by atoms with Crippen molar-refractivity contribution in [1.82, 2.24) is 19.7 Å². The maximum atomic E-state index is 12.6. The second-order valence-electron chi connectivity index (χ2n) is 8.26. The number of aryl methyl sites for hydroxylation is 3. The van der Waals surface area contributed by atoms with Crippen molar-refractivity contribution >= 4 is 17.4 Å². The molecule has 3 aromatic rings. The van der Waals surface area contributed by atoms with Gasteiger partial charge in [0.25, 0.3) is 0 Å². The number of ether oxygens (including phenoxy) is 1. The molecule has 168 valence electrons. The Balaban J connectivity index is 1.47. The number of morpholine rings is 1. The van der Waals surface area contributed by atoms with E-state index < -0.39 is 0 Å². The van der Waals surface area contributed by atoms with Crippen molar-refractivity contribution in [2.75, 3.05) is 36.5 Å². The normalized spacial score (nSPS) is 13.9. The van der Waals surface area contributed by atoms with Crippen molar-refractivity contribution in [2.45, 2.75) is 40.5 Å². The molecule has 0 bridgehead atoms. The molecule has 0 aliphatic carbocycles. The van der Waals surface area contributed by atoms with Crippen LogP contribution in [0.25, 0.3) is 5.82 Å². The van der Waals surface area contributed by atoms with E-state index in [9.17, 15) is 4.79 Å². The standard InChI is InChI=1S/C24H30N6O2/c1-16-5-7-21(17(2)13-16)27-24(31)8-6-20-18(3)28-30(19(20)4)23-14-22(25-15-26-23)29-9-11-32-12-10-29/h5,7,13-15H,6,8-12H2,1-4H3,(H,27,31). The fraction of sp³-hybridized carbons (Fsp3) is 0.417. The van der Waals surface area contributed by atoms with E-state index in [2.05, 4.69) is 26.3 Å². The van der Waals surface area contributed by atoms with E-state index >= 15 is 0 Å². The van der Waals surface area contributed by atoms with Gasteiger partial charge in [-0.05, 0) is 51.3 Å². The molecule has 1 aromatic carbocycles. The van der Waals surface area contributed by atoms with Gasteiger partial charge in [-0.25, -0.2) is 14.6 Å². The Morgan fingerprint density at radius 2 is 1.81 bits per heavy atom. The lowest BCUT2D eigenvalue weighted by atomic mass is 10.1. The van der Waals surface area contributed by atoms with E-state index in [1.807, 2.05) is 50.6 Å². The lowest BCUT2D eigenvalue weighted by Crippen LogP contribution is -2.36. The van der Waals surface area contributed by atoms with Gasteiger partial charge in [0, 0.05) is 37.0 Å². The van der Waals surface area contributed by atoms with Crippen molar-refractivity contribution < 1.29 is 9.53 Å². The maximum absolute atomic E-state index is 12.6. The highest BCUT2D eigenvalue weighted by atomic mass is 16.5. The number of nitrogens with one attached hydrogen (secondary N) is 1. The third-order valence-electron chi connectivity index (χ3n) is 5.89. The van der Waals surface area contributed by atoms with Gasteiger partial charge in [-0.2, -0.15) is 5.10 Å². The summed E-state index contributed by atoms with van der Waals surface area (Å²) < 4.78 is 7.28. The van der Waals surface area contributed by atoms with Crippen LogP contribution < -0.4 is 10.2 Å². The van der Waals surface area contributed by atoms with Crippen LogP contribution in [0.15, 0.2) is 30.6 Å². The average molecular weight is 435 g/mol. The molecule has 0 radical (unpaired) electrons. The molecule has 1 N–H and O–H groups in total. The monoisotopic (exact) mass is 434 g/mol. The van der Waals surface area contributed by atoms with Crippen LogP contribution in [0.3, 0.4) is 0 Å². The first-order valence-electron chi connectivity index (χ1n) is 11.0. The molecule has 2 aromatic heterocycles. The minimum absolute atomic E-state index is 0.000132. The molecule has 8 heteroatoms. The van der Waals surface area contributed by atoms with Crippen LogP contribution in [0.5, 0.6) is 0 Å². The SMILES string of the molecule is Cc1ccc(NC(=O)CCc2c(C)nn(-c3cc(N4CCOCC4)ncn3)c2C)c(C)c1. The van der Waals surface area contributed by atoms with Crippen LogP contribution in [-0.4, -0.2) is 52.0 Å². The van der Waals surface area contributed by atoms with Gasteiger partial charge in [0.05, 0.1) is 18.9 Å². The maximum Gasteiger partial charge on any atom is 0.224 e. The summed E-state index contributed by atoms with van der Waals surface area (Å²) in [5, 5.41) is 7.73. The molecular formula is C24H30N6O2. The Labute approximate surface area is 188 Å². The van der Waals surface area contributed by atoms with E-state index in [0.717, 1.165) is 52.9 Å². The fourth-order valence-corrected chi connectivity index (χ4v) is 4.08. The van der Waals surface area contributed by atoms with Gasteiger partial charge in [-0.15, -0.1) is 0 Å². The number of amides is 1. The Hall–Kier alpha value is -3.26. The van der Waals surface area contributed by atoms with Gasteiger partial charge in [0.15, 0.2) is 5.82 Å². The first-order chi connectivity index (χ1) is 15.4. The molecule has 1 saturated heterocycles. The summed E-state index contributed by atoms with van der Waals surface area (Å²) in [6.45, 7) is 11.1. The Bertz CT molecular complexity index is 1120. The molecule has 4 rings (SSSR count). The van der Waals surface area contributed by atoms with Gasteiger partial charge in [0.1, 0.15) is 12.1 Å². The molecule has 0 spiro atoms. The second kappa shape index (κ2) is 9.48. The van der Waals surface area contributed by atoms with Crippen LogP contribution in [0.2, 0.25) is 0 Å². The summed E-state index contributed by atoms with van der Waals surface area (Å²) in [5.41, 5.74) is 6.09. The minimum Gasteiger partial charge on any atom is -0.378 e. The molecular weight excluding hydrogens is 404 g/mol. The predicted octanol–water partition coefficient (Wildman–Crippen LogP) is 3.30. The number of carbonyl (C=O) groups excluding carboxylic acids is 1. The molecule has 0 saturated carbocycles. The highest BCUT2D eigenvalue weighted by Crippen LogP contribution is 2.22. The number of benzene rings is 1. The fourth-order valence-electron chi connectivity index (χ4n) is 4.08. The van der Waals surface area contributed by atoms with Crippen LogP contribution in [0, 0.1) is 27.7 Å². The highest BCUT2D eigenvalue weighted by Gasteiger charge is 2.18. The second-order valence-corrected chi connectivity index (χ2v) is 8.26. The molecule has 0 atom stereocenters. The van der Waals surface area contributed by atoms with E-state index in [0.29, 0.717) is 26.1 Å². The van der Waals surface area contributed by atoms with Crippen molar-refractivity contribution in [2.24, 2.45) is 0 Å². The molecule has 32 heavy (non-hydrogen) atoms. The first kappa shape index (κ1) is 22.0. The Morgan fingerprint density at radius 1 is 1.06 bits per heavy atom. The molecule has 8 nitrogen and oxygen atoms in total. The van der Waals surface area contributed by atoms with E-state index in [-0.39, 0.29) is 5.91 Å². The van der Waals surface area contributed by atoms with Crippen molar-refractivity contribution in [3.05, 3.63) is 58.7 Å². The van der Waals surface area contributed by atoms with Gasteiger partial charge in [-0.3, -0.25) is 4.79 Å². The highest BCUT2D eigenvalue weighted by molar-refractivity contribution is 5.91. The summed E-state index contributed by atoms with van der Waals surface area (Å²) in [6, 6.07) is 7.99. The molecule has 1 amide bonds. The van der Waals surface area contributed by atoms with Crippen LogP contribution >= 0.6 is 0 Å². The Morgan fingerprint density at radius 3 is 2.56 bits per heavy atom. The number of carbonyl (C=O) groups is 1. The smallest absolute Gasteiger partial charge is 0.224 e. The zero-order chi connectivity index (χ0) is 22.7. The largest absolute Gasteiger partial charge is 0.378 e.